The van der Waals surface area contributed by atoms with Gasteiger partial charge in [0, 0.05) is 26.8 Å². The molecule has 2 aromatic carbocycles. The van der Waals surface area contributed by atoms with Crippen LogP contribution in [0.5, 0.6) is 5.75 Å². The van der Waals surface area contributed by atoms with Gasteiger partial charge in [0.15, 0.2) is 6.61 Å². The molecule has 0 bridgehead atoms. The van der Waals surface area contributed by atoms with Crippen molar-refractivity contribution in [3.05, 3.63) is 68.6 Å². The number of benzene rings is 2. The lowest BCUT2D eigenvalue weighted by Gasteiger charge is -2.08. The predicted molar refractivity (Wildman–Crippen MR) is 95.8 cm³/mol. The van der Waals surface area contributed by atoms with E-state index in [1.165, 1.54) is 6.07 Å². The Kier molecular flexibility index (Phi) is 4.61. The second-order valence-corrected chi connectivity index (χ2v) is 6.05. The molecule has 6 heteroatoms. The van der Waals surface area contributed by atoms with Crippen molar-refractivity contribution in [3.8, 4) is 5.75 Å². The predicted octanol–water partition coefficient (Wildman–Crippen LogP) is 3.42. The summed E-state index contributed by atoms with van der Waals surface area (Å²) in [5.41, 5.74) is 0.717. The van der Waals surface area contributed by atoms with Crippen LogP contribution in [0.3, 0.4) is 0 Å². The molecule has 0 spiro atoms. The van der Waals surface area contributed by atoms with E-state index in [9.17, 15) is 9.59 Å². The molecule has 1 N–H and O–H groups in total. The van der Waals surface area contributed by atoms with Gasteiger partial charge in [-0.2, -0.15) is 0 Å². The Morgan fingerprint density at radius 3 is 2.78 bits per heavy atom. The van der Waals surface area contributed by atoms with Gasteiger partial charge in [-0.05, 0) is 59.0 Å². The molecule has 116 valence electrons. The fourth-order valence-corrected chi connectivity index (χ4v) is 2.59. The van der Waals surface area contributed by atoms with E-state index in [2.05, 4.69) is 27.9 Å². The molecule has 0 aliphatic carbocycles. The molecule has 0 fully saturated rings. The summed E-state index contributed by atoms with van der Waals surface area (Å²) in [7, 11) is 0. The van der Waals surface area contributed by atoms with E-state index in [1.54, 1.807) is 24.3 Å². The first-order chi connectivity index (χ1) is 11.1. The Hall–Kier alpha value is -2.35. The van der Waals surface area contributed by atoms with Gasteiger partial charge in [0.05, 0.1) is 0 Å². The van der Waals surface area contributed by atoms with Gasteiger partial charge in [-0.1, -0.05) is 6.07 Å². The lowest BCUT2D eigenvalue weighted by atomic mass is 10.2. The average molecular weight is 421 g/mol. The normalized spacial score (nSPS) is 10.5. The zero-order valence-corrected chi connectivity index (χ0v) is 14.1. The van der Waals surface area contributed by atoms with Crippen LogP contribution in [0.1, 0.15) is 0 Å². The fourth-order valence-electron chi connectivity index (χ4n) is 2.04. The lowest BCUT2D eigenvalue weighted by molar-refractivity contribution is -0.118. The van der Waals surface area contributed by atoms with Gasteiger partial charge in [-0.25, -0.2) is 4.79 Å². The highest BCUT2D eigenvalue weighted by Crippen LogP contribution is 2.19. The second kappa shape index (κ2) is 6.82. The third kappa shape index (κ3) is 4.10. The van der Waals surface area contributed by atoms with Gasteiger partial charge in [0.2, 0.25) is 0 Å². The molecule has 1 heterocycles. The van der Waals surface area contributed by atoms with Gasteiger partial charge in [0.25, 0.3) is 5.91 Å². The molecule has 3 rings (SSSR count). The minimum absolute atomic E-state index is 0.131. The van der Waals surface area contributed by atoms with E-state index in [4.69, 9.17) is 9.15 Å². The van der Waals surface area contributed by atoms with Crippen molar-refractivity contribution in [1.82, 2.24) is 0 Å². The van der Waals surface area contributed by atoms with E-state index in [0.29, 0.717) is 11.3 Å². The highest BCUT2D eigenvalue weighted by atomic mass is 127. The van der Waals surface area contributed by atoms with Crippen LogP contribution in [0.15, 0.2) is 63.8 Å². The maximum atomic E-state index is 11.9. The maximum absolute atomic E-state index is 11.9. The van der Waals surface area contributed by atoms with Crippen LogP contribution < -0.4 is 15.7 Å². The Morgan fingerprint density at radius 1 is 1.13 bits per heavy atom. The first-order valence-corrected chi connectivity index (χ1v) is 7.90. The molecular weight excluding hydrogens is 409 g/mol. The van der Waals surface area contributed by atoms with Gasteiger partial charge in [-0.15, -0.1) is 0 Å². The summed E-state index contributed by atoms with van der Waals surface area (Å²) in [6.07, 6.45) is 0. The Morgan fingerprint density at radius 2 is 1.96 bits per heavy atom. The van der Waals surface area contributed by atoms with Crippen molar-refractivity contribution in [3.63, 3.8) is 0 Å². The van der Waals surface area contributed by atoms with E-state index >= 15 is 0 Å². The number of fused-ring (bicyclic) bond motifs is 1. The Balaban J connectivity index is 1.65. The molecule has 23 heavy (non-hydrogen) atoms. The summed E-state index contributed by atoms with van der Waals surface area (Å²) < 4.78 is 11.6. The van der Waals surface area contributed by atoms with Crippen LogP contribution in [0.25, 0.3) is 11.0 Å². The molecule has 5 nitrogen and oxygen atoms in total. The summed E-state index contributed by atoms with van der Waals surface area (Å²) in [6.45, 7) is -0.131. The second-order valence-electron chi connectivity index (χ2n) is 4.80. The molecule has 1 amide bonds. The molecule has 0 aliphatic rings. The van der Waals surface area contributed by atoms with Crippen molar-refractivity contribution >= 4 is 45.2 Å². The zero-order valence-electron chi connectivity index (χ0n) is 11.9. The van der Waals surface area contributed by atoms with Crippen LogP contribution in [-0.2, 0) is 4.79 Å². The lowest BCUT2D eigenvalue weighted by Crippen LogP contribution is -2.20. The van der Waals surface area contributed by atoms with Crippen LogP contribution in [0, 0.1) is 3.57 Å². The maximum Gasteiger partial charge on any atom is 0.336 e. The third-order valence-corrected chi connectivity index (χ3v) is 3.74. The molecule has 0 atom stereocenters. The summed E-state index contributed by atoms with van der Waals surface area (Å²) in [5, 5.41) is 3.55. The van der Waals surface area contributed by atoms with Crippen LogP contribution in [0.4, 0.5) is 5.69 Å². The Bertz CT molecular complexity index is 920. The first-order valence-electron chi connectivity index (χ1n) is 6.82. The number of anilines is 1. The number of hydrogen-bond donors (Lipinski definition) is 1. The third-order valence-electron chi connectivity index (χ3n) is 3.07. The number of carbonyl (C=O) groups excluding carboxylic acids is 1. The van der Waals surface area contributed by atoms with Gasteiger partial charge < -0.3 is 14.5 Å². The topological polar surface area (TPSA) is 68.5 Å². The SMILES string of the molecule is O=C(COc1ccc2ccc(=O)oc2c1)Nc1cccc(I)c1. The number of ether oxygens (including phenoxy) is 1. The number of carbonyl (C=O) groups is 1. The van der Waals surface area contributed by atoms with E-state index in [-0.39, 0.29) is 12.5 Å². The molecular formula is C17H12INO4. The molecule has 0 radical (unpaired) electrons. The van der Waals surface area contributed by atoms with Gasteiger partial charge >= 0.3 is 5.63 Å². The van der Waals surface area contributed by atoms with Crippen LogP contribution in [-0.4, -0.2) is 12.5 Å². The summed E-state index contributed by atoms with van der Waals surface area (Å²) in [4.78, 5) is 23.1. The molecule has 3 aromatic rings. The number of nitrogens with one attached hydrogen (secondary N) is 1. The van der Waals surface area contributed by atoms with Crippen molar-refractivity contribution in [2.24, 2.45) is 0 Å². The highest BCUT2D eigenvalue weighted by Gasteiger charge is 2.05. The average Bonchev–Trinajstić information content (AvgIpc) is 2.52. The number of rotatable bonds is 4. The van der Waals surface area contributed by atoms with Crippen molar-refractivity contribution in [1.29, 1.82) is 0 Å². The first kappa shape index (κ1) is 15.5. The van der Waals surface area contributed by atoms with Gasteiger partial charge in [0.1, 0.15) is 11.3 Å². The standard InChI is InChI=1S/C17H12INO4/c18-12-2-1-3-13(8-12)19-16(20)10-22-14-6-4-11-5-7-17(21)23-15(11)9-14/h1-9H,10H2,(H,19,20). The minimum atomic E-state index is -0.425. The number of amides is 1. The van der Waals surface area contributed by atoms with Crippen molar-refractivity contribution in [2.45, 2.75) is 0 Å². The molecule has 0 saturated heterocycles. The number of hydrogen-bond acceptors (Lipinski definition) is 4. The van der Waals surface area contributed by atoms with Crippen LogP contribution in [0.2, 0.25) is 0 Å². The van der Waals surface area contributed by atoms with E-state index in [0.717, 1.165) is 14.6 Å². The van der Waals surface area contributed by atoms with E-state index in [1.807, 2.05) is 24.3 Å². The largest absolute Gasteiger partial charge is 0.484 e. The zero-order chi connectivity index (χ0) is 16.2. The van der Waals surface area contributed by atoms with Gasteiger partial charge in [-0.3, -0.25) is 4.79 Å². The van der Waals surface area contributed by atoms with Crippen molar-refractivity contribution in [2.75, 3.05) is 11.9 Å². The molecule has 1 aromatic heterocycles. The smallest absolute Gasteiger partial charge is 0.336 e. The Labute approximate surface area is 145 Å². The summed E-state index contributed by atoms with van der Waals surface area (Å²) >= 11 is 2.17. The van der Waals surface area contributed by atoms with Crippen molar-refractivity contribution < 1.29 is 13.9 Å². The highest BCUT2D eigenvalue weighted by molar-refractivity contribution is 14.1. The van der Waals surface area contributed by atoms with Crippen LogP contribution >= 0.6 is 22.6 Å². The monoisotopic (exact) mass is 421 g/mol. The summed E-state index contributed by atoms with van der Waals surface area (Å²) in [6, 6.07) is 15.6. The molecule has 0 aliphatic heterocycles. The van der Waals surface area contributed by atoms with E-state index < -0.39 is 5.63 Å². The quantitative estimate of drug-likeness (QED) is 0.518. The molecule has 0 saturated carbocycles. The molecule has 0 unspecified atom stereocenters. The minimum Gasteiger partial charge on any atom is -0.484 e. The fraction of sp³-hybridized carbons (Fsp3) is 0.0588. The summed E-state index contributed by atoms with van der Waals surface area (Å²) in [5.74, 6) is 0.200. The number of halogens is 1.